The predicted octanol–water partition coefficient (Wildman–Crippen LogP) is 5.41. The second-order valence-corrected chi connectivity index (χ2v) is 8.70. The lowest BCUT2D eigenvalue weighted by molar-refractivity contribution is 0.0935. The van der Waals surface area contributed by atoms with Gasteiger partial charge in [-0.1, -0.05) is 36.4 Å². The number of nitrogens with zero attached hydrogens (tertiary/aromatic N) is 2. The van der Waals surface area contributed by atoms with Crippen LogP contribution in [0.1, 0.15) is 12.5 Å². The molecule has 0 bridgehead atoms. The molecular weight excluding hydrogens is 387 g/mol. The molecule has 0 amide bonds. The van der Waals surface area contributed by atoms with Crippen LogP contribution < -0.4 is 0 Å². The summed E-state index contributed by atoms with van der Waals surface area (Å²) in [5.74, 6) is 0. The summed E-state index contributed by atoms with van der Waals surface area (Å²) in [7, 11) is -3.33. The summed E-state index contributed by atoms with van der Waals surface area (Å²) >= 11 is 1.63. The first kappa shape index (κ1) is 19.6. The number of fused-ring (bicyclic) bond motifs is 1. The van der Waals surface area contributed by atoms with Crippen molar-refractivity contribution in [1.29, 1.82) is 0 Å². The zero-order valence-corrected chi connectivity index (χ0v) is 16.4. The van der Waals surface area contributed by atoms with Crippen LogP contribution >= 0.6 is 18.9 Å². The third kappa shape index (κ3) is 5.20. The van der Waals surface area contributed by atoms with Crippen molar-refractivity contribution in [3.05, 3.63) is 59.0 Å². The quantitative estimate of drug-likeness (QED) is 0.194. The van der Waals surface area contributed by atoms with E-state index in [0.717, 1.165) is 26.4 Å². The fourth-order valence-corrected chi connectivity index (χ4v) is 5.18. The van der Waals surface area contributed by atoms with Crippen LogP contribution in [0.25, 0.3) is 20.8 Å². The lowest BCUT2D eigenvalue weighted by atomic mass is 10.2. The largest absolute Gasteiger partial charge is 0.362 e. The van der Waals surface area contributed by atoms with E-state index in [0.29, 0.717) is 0 Å². The van der Waals surface area contributed by atoms with Gasteiger partial charge < -0.3 is 13.9 Å². The van der Waals surface area contributed by atoms with E-state index in [4.69, 9.17) is 9.05 Å². The molecule has 0 aliphatic carbocycles. The molecule has 2 aromatic carbocycles. The Bertz CT molecular complexity index is 911. The maximum atomic E-state index is 12.8. The summed E-state index contributed by atoms with van der Waals surface area (Å²) < 4.78 is 24.6. The first-order valence-corrected chi connectivity index (χ1v) is 11.0. The molecule has 0 radical (unpaired) electrons. The SMILES string of the molecule is CCOP(=O)(Cc1ccc(-c2nc3ccccc3s2)cc1)OCCON=O. The van der Waals surface area contributed by atoms with Gasteiger partial charge in [-0.25, -0.2) is 4.98 Å². The topological polar surface area (TPSA) is 87.1 Å². The average Bonchev–Trinajstić information content (AvgIpc) is 3.10. The molecule has 27 heavy (non-hydrogen) atoms. The van der Waals surface area contributed by atoms with Gasteiger partial charge in [-0.15, -0.1) is 16.2 Å². The third-order valence-corrected chi connectivity index (χ3v) is 6.78. The monoisotopic (exact) mass is 406 g/mol. The van der Waals surface area contributed by atoms with E-state index < -0.39 is 7.60 Å². The molecule has 7 nitrogen and oxygen atoms in total. The highest BCUT2D eigenvalue weighted by Gasteiger charge is 2.25. The molecule has 1 heterocycles. The zero-order chi connectivity index (χ0) is 19.1. The van der Waals surface area contributed by atoms with Crippen LogP contribution in [0.4, 0.5) is 0 Å². The van der Waals surface area contributed by atoms with Crippen molar-refractivity contribution in [2.75, 3.05) is 19.8 Å². The first-order chi connectivity index (χ1) is 13.1. The molecule has 1 atom stereocenters. The molecule has 1 aromatic heterocycles. The lowest BCUT2D eigenvalue weighted by Crippen LogP contribution is -2.04. The number of benzene rings is 2. The van der Waals surface area contributed by atoms with Crippen molar-refractivity contribution >= 4 is 29.1 Å². The van der Waals surface area contributed by atoms with Crippen LogP contribution in [-0.4, -0.2) is 24.8 Å². The van der Waals surface area contributed by atoms with Gasteiger partial charge in [-0.05, 0) is 24.6 Å². The Morgan fingerprint density at radius 3 is 2.56 bits per heavy atom. The fourth-order valence-electron chi connectivity index (χ4n) is 2.55. The summed E-state index contributed by atoms with van der Waals surface area (Å²) in [6, 6.07) is 15.7. The summed E-state index contributed by atoms with van der Waals surface area (Å²) in [6.45, 7) is 1.90. The van der Waals surface area contributed by atoms with E-state index in [1.807, 2.05) is 48.5 Å². The summed E-state index contributed by atoms with van der Waals surface area (Å²) in [4.78, 5) is 18.9. The van der Waals surface area contributed by atoms with E-state index >= 15 is 0 Å². The van der Waals surface area contributed by atoms with Crippen molar-refractivity contribution in [1.82, 2.24) is 4.98 Å². The van der Waals surface area contributed by atoms with Gasteiger partial charge in [0.25, 0.3) is 0 Å². The highest BCUT2D eigenvalue weighted by Crippen LogP contribution is 2.51. The van der Waals surface area contributed by atoms with Crippen LogP contribution in [0, 0.1) is 4.91 Å². The molecule has 0 saturated carbocycles. The number of aromatic nitrogens is 1. The van der Waals surface area contributed by atoms with Crippen molar-refractivity contribution in [2.24, 2.45) is 5.34 Å². The van der Waals surface area contributed by atoms with Crippen LogP contribution in [0.15, 0.2) is 53.9 Å². The van der Waals surface area contributed by atoms with Gasteiger partial charge in [0.15, 0.2) is 5.34 Å². The summed E-state index contributed by atoms with van der Waals surface area (Å²) in [5.41, 5.74) is 2.80. The Kier molecular flexibility index (Phi) is 6.68. The second-order valence-electron chi connectivity index (χ2n) is 5.61. The van der Waals surface area contributed by atoms with Crippen molar-refractivity contribution in [3.8, 4) is 10.6 Å². The van der Waals surface area contributed by atoms with Crippen molar-refractivity contribution in [3.63, 3.8) is 0 Å². The highest BCUT2D eigenvalue weighted by atomic mass is 32.1. The smallest absolute Gasteiger partial charge is 0.335 e. The minimum absolute atomic E-state index is 0.0349. The van der Waals surface area contributed by atoms with Crippen LogP contribution in [-0.2, 0) is 24.6 Å². The molecular formula is C18H19N2O5PS. The Hall–Kier alpha value is -2.12. The standard InChI is InChI=1S/C18H19N2O5PS/c1-2-24-26(22,25-12-11-23-20-21)13-14-7-9-15(10-8-14)18-19-16-5-3-4-6-17(16)27-18/h3-10H,2,11-13H2,1H3. The molecule has 1 unspecified atom stereocenters. The normalized spacial score (nSPS) is 13.4. The Morgan fingerprint density at radius 2 is 1.85 bits per heavy atom. The fraction of sp³-hybridized carbons (Fsp3) is 0.278. The highest BCUT2D eigenvalue weighted by molar-refractivity contribution is 7.53. The maximum Gasteiger partial charge on any atom is 0.335 e. The molecule has 0 aliphatic rings. The van der Waals surface area contributed by atoms with Gasteiger partial charge in [0.2, 0.25) is 0 Å². The molecule has 142 valence electrons. The minimum Gasteiger partial charge on any atom is -0.362 e. The summed E-state index contributed by atoms with van der Waals surface area (Å²) in [5, 5.41) is 3.21. The Balaban J connectivity index is 1.71. The van der Waals surface area contributed by atoms with E-state index in [1.54, 1.807) is 18.3 Å². The Labute approximate surface area is 160 Å². The van der Waals surface area contributed by atoms with Crippen molar-refractivity contribution in [2.45, 2.75) is 13.1 Å². The lowest BCUT2D eigenvalue weighted by Gasteiger charge is -2.17. The maximum absolute atomic E-state index is 12.8. The van der Waals surface area contributed by atoms with Gasteiger partial charge in [-0.3, -0.25) is 4.57 Å². The molecule has 3 aromatic rings. The van der Waals surface area contributed by atoms with Crippen LogP contribution in [0.3, 0.4) is 0 Å². The van der Waals surface area contributed by atoms with E-state index in [2.05, 4.69) is 15.2 Å². The number of thiazole rings is 1. The van der Waals surface area contributed by atoms with E-state index in [1.165, 1.54) is 0 Å². The minimum atomic E-state index is -3.33. The molecule has 9 heteroatoms. The van der Waals surface area contributed by atoms with Gasteiger partial charge >= 0.3 is 7.60 Å². The number of hydrogen-bond donors (Lipinski definition) is 0. The van der Waals surface area contributed by atoms with Gasteiger partial charge in [0.05, 0.1) is 29.6 Å². The second kappa shape index (κ2) is 9.19. The van der Waals surface area contributed by atoms with E-state index in [9.17, 15) is 9.47 Å². The molecule has 0 saturated heterocycles. The van der Waals surface area contributed by atoms with Crippen LogP contribution in [0.2, 0.25) is 0 Å². The predicted molar refractivity (Wildman–Crippen MR) is 106 cm³/mol. The van der Waals surface area contributed by atoms with Crippen molar-refractivity contribution < 1.29 is 18.5 Å². The average molecular weight is 406 g/mol. The number of rotatable bonds is 10. The Morgan fingerprint density at radius 1 is 1.07 bits per heavy atom. The number of hydrogen-bond acceptors (Lipinski definition) is 8. The van der Waals surface area contributed by atoms with E-state index in [-0.39, 0.29) is 26.0 Å². The summed E-state index contributed by atoms with van der Waals surface area (Å²) in [6.07, 6.45) is 0.134. The van der Waals surface area contributed by atoms with Gasteiger partial charge in [0.1, 0.15) is 11.6 Å². The number of para-hydroxylation sites is 1. The molecule has 3 rings (SSSR count). The molecule has 0 aliphatic heterocycles. The molecule has 0 fully saturated rings. The third-order valence-electron chi connectivity index (χ3n) is 3.71. The van der Waals surface area contributed by atoms with Gasteiger partial charge in [-0.2, -0.15) is 0 Å². The first-order valence-electron chi connectivity index (χ1n) is 8.41. The molecule has 0 spiro atoms. The van der Waals surface area contributed by atoms with Gasteiger partial charge in [0, 0.05) is 5.56 Å². The zero-order valence-electron chi connectivity index (χ0n) is 14.7. The van der Waals surface area contributed by atoms with Crippen LogP contribution in [0.5, 0.6) is 0 Å². The molecule has 0 N–H and O–H groups in total.